The zero-order valence-electron chi connectivity index (χ0n) is 12.9. The minimum Gasteiger partial charge on any atom is -0.303 e. The lowest BCUT2D eigenvalue weighted by Crippen LogP contribution is -2.22. The van der Waals surface area contributed by atoms with E-state index in [2.05, 4.69) is 33.9 Å². The first kappa shape index (κ1) is 16.4. The van der Waals surface area contributed by atoms with Crippen LogP contribution in [0.4, 0.5) is 0 Å². The fourth-order valence-corrected chi connectivity index (χ4v) is 3.37. The Morgan fingerprint density at radius 3 is 2.65 bits per heavy atom. The van der Waals surface area contributed by atoms with E-state index >= 15 is 0 Å². The van der Waals surface area contributed by atoms with Crippen molar-refractivity contribution in [3.63, 3.8) is 0 Å². The van der Waals surface area contributed by atoms with E-state index in [4.69, 9.17) is 23.8 Å². The molecule has 2 heterocycles. The lowest BCUT2D eigenvalue weighted by atomic mass is 10.2. The molecule has 0 spiro atoms. The molecule has 0 saturated heterocycles. The second-order valence-corrected chi connectivity index (χ2v) is 7.04. The highest BCUT2D eigenvalue weighted by molar-refractivity contribution is 7.71. The quantitative estimate of drug-likeness (QED) is 0.627. The van der Waals surface area contributed by atoms with Crippen LogP contribution >= 0.6 is 35.2 Å². The van der Waals surface area contributed by atoms with Crippen LogP contribution in [0.15, 0.2) is 41.1 Å². The van der Waals surface area contributed by atoms with Crippen LogP contribution < -0.4 is 0 Å². The van der Waals surface area contributed by atoms with Gasteiger partial charge in [-0.2, -0.15) is 16.4 Å². The van der Waals surface area contributed by atoms with Gasteiger partial charge in [0.25, 0.3) is 0 Å². The Labute approximate surface area is 149 Å². The summed E-state index contributed by atoms with van der Waals surface area (Å²) in [6.07, 6.45) is 0. The van der Waals surface area contributed by atoms with Crippen molar-refractivity contribution in [3.05, 3.63) is 56.4 Å². The number of rotatable bonds is 5. The minimum atomic E-state index is 0.649. The van der Waals surface area contributed by atoms with Gasteiger partial charge in [0.2, 0.25) is 0 Å². The van der Waals surface area contributed by atoms with E-state index in [1.54, 1.807) is 11.3 Å². The van der Waals surface area contributed by atoms with Crippen LogP contribution in [-0.2, 0) is 20.3 Å². The summed E-state index contributed by atoms with van der Waals surface area (Å²) in [7, 11) is 4.00. The highest BCUT2D eigenvalue weighted by Gasteiger charge is 2.11. The van der Waals surface area contributed by atoms with Gasteiger partial charge in [-0.25, -0.2) is 4.68 Å². The molecule has 2 aromatic heterocycles. The second-order valence-electron chi connectivity index (χ2n) is 5.46. The molecule has 0 saturated carbocycles. The Morgan fingerprint density at radius 1 is 1.26 bits per heavy atom. The summed E-state index contributed by atoms with van der Waals surface area (Å²) in [4.78, 5) is 2.19. The van der Waals surface area contributed by atoms with Gasteiger partial charge in [0.15, 0.2) is 10.6 Å². The topological polar surface area (TPSA) is 26.0 Å². The molecule has 0 unspecified atom stereocenters. The van der Waals surface area contributed by atoms with Crippen LogP contribution in [0.25, 0.3) is 11.4 Å². The van der Waals surface area contributed by atoms with Crippen molar-refractivity contribution in [2.24, 2.45) is 7.05 Å². The van der Waals surface area contributed by atoms with Crippen LogP contribution in [0, 0.1) is 4.77 Å². The lowest BCUT2D eigenvalue weighted by Gasteiger charge is -2.15. The first-order chi connectivity index (χ1) is 11.0. The van der Waals surface area contributed by atoms with Crippen LogP contribution in [0.2, 0.25) is 5.02 Å². The Hall–Kier alpha value is -1.47. The fourth-order valence-electron chi connectivity index (χ4n) is 2.40. The van der Waals surface area contributed by atoms with E-state index in [1.165, 1.54) is 5.56 Å². The van der Waals surface area contributed by atoms with E-state index in [0.29, 0.717) is 16.5 Å². The standard InChI is InChI=1S/C16H17ClN4S2/c1-19(9-12-7-8-23-10-12)11-21-16(22)20(2)15(18-21)13-3-5-14(17)6-4-13/h3-8,10H,9,11H2,1-2H3. The molecule has 0 amide bonds. The summed E-state index contributed by atoms with van der Waals surface area (Å²) in [5.41, 5.74) is 2.31. The van der Waals surface area contributed by atoms with E-state index in [-0.39, 0.29) is 0 Å². The van der Waals surface area contributed by atoms with Crippen LogP contribution in [0.5, 0.6) is 0 Å². The lowest BCUT2D eigenvalue weighted by molar-refractivity contribution is 0.244. The summed E-state index contributed by atoms with van der Waals surface area (Å²) in [5.74, 6) is 0.843. The molecule has 0 bridgehead atoms. The Balaban J connectivity index is 1.82. The maximum absolute atomic E-state index is 5.95. The van der Waals surface area contributed by atoms with E-state index in [9.17, 15) is 0 Å². The van der Waals surface area contributed by atoms with Gasteiger partial charge in [0, 0.05) is 24.2 Å². The predicted molar refractivity (Wildman–Crippen MR) is 98.3 cm³/mol. The van der Waals surface area contributed by atoms with Gasteiger partial charge in [-0.3, -0.25) is 4.90 Å². The third kappa shape index (κ3) is 3.72. The SMILES string of the molecule is CN(Cc1ccsc1)Cn1nc(-c2ccc(Cl)cc2)n(C)c1=S. The Bertz CT molecular complexity index is 834. The van der Waals surface area contributed by atoms with Crippen molar-refractivity contribution in [1.82, 2.24) is 19.2 Å². The van der Waals surface area contributed by atoms with E-state index in [1.807, 2.05) is 40.6 Å². The highest BCUT2D eigenvalue weighted by atomic mass is 35.5. The average Bonchev–Trinajstić information content (AvgIpc) is 3.12. The summed E-state index contributed by atoms with van der Waals surface area (Å²) in [6.45, 7) is 1.52. The molecule has 4 nitrogen and oxygen atoms in total. The molecule has 0 radical (unpaired) electrons. The zero-order chi connectivity index (χ0) is 16.4. The molecule has 3 rings (SSSR count). The average molecular weight is 365 g/mol. The third-order valence-corrected chi connectivity index (χ3v) is 5.02. The van der Waals surface area contributed by atoms with Gasteiger partial charge in [0.1, 0.15) is 0 Å². The molecule has 120 valence electrons. The normalized spacial score (nSPS) is 11.3. The summed E-state index contributed by atoms with van der Waals surface area (Å²) in [6, 6.07) is 9.78. The second kappa shape index (κ2) is 6.97. The number of benzene rings is 1. The first-order valence-electron chi connectivity index (χ1n) is 7.14. The summed E-state index contributed by atoms with van der Waals surface area (Å²) in [5, 5.41) is 9.64. The molecule has 1 aromatic carbocycles. The van der Waals surface area contributed by atoms with Gasteiger partial charge in [-0.15, -0.1) is 0 Å². The van der Waals surface area contributed by atoms with Crippen molar-refractivity contribution >= 4 is 35.2 Å². The van der Waals surface area contributed by atoms with Crippen molar-refractivity contribution in [1.29, 1.82) is 0 Å². The van der Waals surface area contributed by atoms with Gasteiger partial charge in [0.05, 0.1) is 6.67 Å². The van der Waals surface area contributed by atoms with E-state index < -0.39 is 0 Å². The Kier molecular flexibility index (Phi) is 4.96. The predicted octanol–water partition coefficient (Wildman–Crippen LogP) is 4.42. The molecule has 7 heteroatoms. The molecular formula is C16H17ClN4S2. The van der Waals surface area contributed by atoms with Crippen LogP contribution in [-0.4, -0.2) is 26.3 Å². The summed E-state index contributed by atoms with van der Waals surface area (Å²) >= 11 is 13.2. The fraction of sp³-hybridized carbons (Fsp3) is 0.250. The van der Waals surface area contributed by atoms with Gasteiger partial charge >= 0.3 is 0 Å². The van der Waals surface area contributed by atoms with Crippen molar-refractivity contribution in [2.45, 2.75) is 13.2 Å². The molecule has 0 aliphatic rings. The first-order valence-corrected chi connectivity index (χ1v) is 8.87. The molecule has 0 fully saturated rings. The van der Waals surface area contributed by atoms with Crippen LogP contribution in [0.3, 0.4) is 0 Å². The van der Waals surface area contributed by atoms with Gasteiger partial charge < -0.3 is 4.57 Å². The molecule has 3 aromatic rings. The molecule has 23 heavy (non-hydrogen) atoms. The molecule has 0 atom stereocenters. The summed E-state index contributed by atoms with van der Waals surface area (Å²) < 4.78 is 4.48. The van der Waals surface area contributed by atoms with Crippen molar-refractivity contribution < 1.29 is 0 Å². The van der Waals surface area contributed by atoms with E-state index in [0.717, 1.165) is 17.9 Å². The maximum Gasteiger partial charge on any atom is 0.199 e. The third-order valence-electron chi connectivity index (χ3n) is 3.55. The number of aromatic nitrogens is 3. The monoisotopic (exact) mass is 364 g/mol. The number of nitrogens with zero attached hydrogens (tertiary/aromatic N) is 4. The highest BCUT2D eigenvalue weighted by Crippen LogP contribution is 2.20. The van der Waals surface area contributed by atoms with Crippen LogP contribution in [0.1, 0.15) is 5.56 Å². The van der Waals surface area contributed by atoms with Crippen molar-refractivity contribution in [2.75, 3.05) is 7.05 Å². The minimum absolute atomic E-state index is 0.649. The molecule has 0 aliphatic carbocycles. The molecular weight excluding hydrogens is 348 g/mol. The zero-order valence-corrected chi connectivity index (χ0v) is 15.3. The number of halogens is 1. The van der Waals surface area contributed by atoms with Gasteiger partial charge in [-0.05, 0) is 65.9 Å². The number of hydrogen-bond acceptors (Lipinski definition) is 4. The van der Waals surface area contributed by atoms with Crippen molar-refractivity contribution in [3.8, 4) is 11.4 Å². The largest absolute Gasteiger partial charge is 0.303 e. The maximum atomic E-state index is 5.95. The molecule has 0 aliphatic heterocycles. The Morgan fingerprint density at radius 2 is 2.00 bits per heavy atom. The smallest absolute Gasteiger partial charge is 0.199 e. The molecule has 0 N–H and O–H groups in total. The number of thiophene rings is 1. The number of hydrogen-bond donors (Lipinski definition) is 0. The van der Waals surface area contributed by atoms with Gasteiger partial charge in [-0.1, -0.05) is 11.6 Å².